The Morgan fingerprint density at radius 2 is 1.68 bits per heavy atom. The van der Waals surface area contributed by atoms with Gasteiger partial charge >= 0.3 is 0 Å². The Labute approximate surface area is 128 Å². The van der Waals surface area contributed by atoms with Crippen molar-refractivity contribution in [2.75, 3.05) is 16.4 Å². The molecule has 0 aliphatic heterocycles. The molecule has 112 valence electrons. The van der Waals surface area contributed by atoms with Crippen LogP contribution in [0, 0.1) is 0 Å². The number of carbonyl (C=O) groups is 2. The molecule has 22 heavy (non-hydrogen) atoms. The lowest BCUT2D eigenvalue weighted by Crippen LogP contribution is -2.09. The topological polar surface area (TPSA) is 84.2 Å². The summed E-state index contributed by atoms with van der Waals surface area (Å²) in [5, 5.41) is 5.39. The number of hydrogen-bond acceptors (Lipinski definition) is 3. The first-order chi connectivity index (χ1) is 10.5. The van der Waals surface area contributed by atoms with Crippen LogP contribution < -0.4 is 16.4 Å². The molecule has 0 saturated heterocycles. The van der Waals surface area contributed by atoms with Crippen molar-refractivity contribution in [3.8, 4) is 0 Å². The van der Waals surface area contributed by atoms with Crippen molar-refractivity contribution in [3.05, 3.63) is 60.2 Å². The van der Waals surface area contributed by atoms with Gasteiger partial charge in [0.05, 0.1) is 0 Å². The molecular formula is C17H17N3O2. The predicted octanol–water partition coefficient (Wildman–Crippen LogP) is 2.88. The normalized spacial score (nSPS) is 10.4. The molecule has 2 aromatic carbocycles. The summed E-state index contributed by atoms with van der Waals surface area (Å²) in [6.07, 6.45) is 3.11. The number of nitrogens with one attached hydrogen (secondary N) is 2. The number of rotatable bonds is 4. The molecule has 0 heterocycles. The molecule has 0 aliphatic carbocycles. The molecule has 2 rings (SSSR count). The van der Waals surface area contributed by atoms with Crippen molar-refractivity contribution < 1.29 is 9.59 Å². The molecule has 0 saturated carbocycles. The molecule has 0 spiro atoms. The van der Waals surface area contributed by atoms with Gasteiger partial charge in [0, 0.05) is 30.1 Å². The molecule has 0 unspecified atom stereocenters. The molecule has 4 N–H and O–H groups in total. The third-order valence-corrected chi connectivity index (χ3v) is 2.79. The van der Waals surface area contributed by atoms with E-state index in [1.54, 1.807) is 42.5 Å². The first-order valence-electron chi connectivity index (χ1n) is 6.75. The number of benzene rings is 2. The summed E-state index contributed by atoms with van der Waals surface area (Å²) in [6, 6.07) is 14.2. The van der Waals surface area contributed by atoms with Gasteiger partial charge in [0.15, 0.2) is 0 Å². The number of anilines is 3. The van der Waals surface area contributed by atoms with Gasteiger partial charge < -0.3 is 16.4 Å². The minimum atomic E-state index is -0.262. The second kappa shape index (κ2) is 7.08. The molecule has 0 radical (unpaired) electrons. The first kappa shape index (κ1) is 15.3. The Bertz CT molecular complexity index is 723. The van der Waals surface area contributed by atoms with Crippen LogP contribution in [0.1, 0.15) is 12.5 Å². The lowest BCUT2D eigenvalue weighted by Gasteiger charge is -2.06. The van der Waals surface area contributed by atoms with Crippen molar-refractivity contribution in [3.63, 3.8) is 0 Å². The smallest absolute Gasteiger partial charge is 0.248 e. The van der Waals surface area contributed by atoms with Crippen LogP contribution in [0.3, 0.4) is 0 Å². The van der Waals surface area contributed by atoms with E-state index in [2.05, 4.69) is 10.6 Å². The standard InChI is InChI=1S/C17H17N3O2/c1-12(21)19-15-6-3-7-16(11-15)20-17(22)9-8-13-4-2-5-14(18)10-13/h2-11H,18H2,1H3,(H,19,21)(H,20,22)/b9-8+. The average Bonchev–Trinajstić information content (AvgIpc) is 2.45. The number of nitrogens with two attached hydrogens (primary N) is 1. The summed E-state index contributed by atoms with van der Waals surface area (Å²) in [5.41, 5.74) is 8.40. The number of amides is 2. The Morgan fingerprint density at radius 3 is 2.36 bits per heavy atom. The molecule has 5 nitrogen and oxygen atoms in total. The molecule has 0 bridgehead atoms. The number of hydrogen-bond donors (Lipinski definition) is 3. The zero-order valence-corrected chi connectivity index (χ0v) is 12.2. The van der Waals surface area contributed by atoms with Gasteiger partial charge in [0.25, 0.3) is 0 Å². The molecule has 0 atom stereocenters. The van der Waals surface area contributed by atoms with Crippen LogP contribution in [0.15, 0.2) is 54.6 Å². The summed E-state index contributed by atoms with van der Waals surface area (Å²) in [7, 11) is 0. The van der Waals surface area contributed by atoms with Crippen LogP contribution in [0.5, 0.6) is 0 Å². The Hall–Kier alpha value is -3.08. The molecule has 2 amide bonds. The highest BCUT2D eigenvalue weighted by Gasteiger charge is 2.00. The zero-order valence-electron chi connectivity index (χ0n) is 12.2. The minimum absolute atomic E-state index is 0.162. The zero-order chi connectivity index (χ0) is 15.9. The monoisotopic (exact) mass is 295 g/mol. The highest BCUT2D eigenvalue weighted by molar-refractivity contribution is 6.02. The quantitative estimate of drug-likeness (QED) is 0.599. The van der Waals surface area contributed by atoms with Gasteiger partial charge in [-0.2, -0.15) is 0 Å². The maximum absolute atomic E-state index is 11.9. The minimum Gasteiger partial charge on any atom is -0.399 e. The molecule has 2 aromatic rings. The third kappa shape index (κ3) is 4.79. The van der Waals surface area contributed by atoms with Crippen molar-refractivity contribution in [2.24, 2.45) is 0 Å². The van der Waals surface area contributed by atoms with E-state index in [0.717, 1.165) is 5.56 Å². The van der Waals surface area contributed by atoms with E-state index in [4.69, 9.17) is 5.73 Å². The predicted molar refractivity (Wildman–Crippen MR) is 89.3 cm³/mol. The Kier molecular flexibility index (Phi) is 4.93. The Balaban J connectivity index is 2.01. The fourth-order valence-corrected chi connectivity index (χ4v) is 1.90. The van der Waals surface area contributed by atoms with Crippen LogP contribution in [0.25, 0.3) is 6.08 Å². The van der Waals surface area contributed by atoms with Gasteiger partial charge in [-0.3, -0.25) is 9.59 Å². The average molecular weight is 295 g/mol. The van der Waals surface area contributed by atoms with Gasteiger partial charge in [0.1, 0.15) is 0 Å². The van der Waals surface area contributed by atoms with Crippen LogP contribution >= 0.6 is 0 Å². The second-order valence-electron chi connectivity index (χ2n) is 4.75. The van der Waals surface area contributed by atoms with Crippen molar-refractivity contribution >= 4 is 35.0 Å². The summed E-state index contributed by atoms with van der Waals surface area (Å²) in [4.78, 5) is 22.9. The highest BCUT2D eigenvalue weighted by Crippen LogP contribution is 2.15. The lowest BCUT2D eigenvalue weighted by molar-refractivity contribution is -0.114. The van der Waals surface area contributed by atoms with Crippen LogP contribution in [0.4, 0.5) is 17.1 Å². The van der Waals surface area contributed by atoms with Crippen LogP contribution in [-0.2, 0) is 9.59 Å². The summed E-state index contributed by atoms with van der Waals surface area (Å²) in [5.74, 6) is -0.424. The largest absolute Gasteiger partial charge is 0.399 e. The van der Waals surface area contributed by atoms with E-state index >= 15 is 0 Å². The van der Waals surface area contributed by atoms with Crippen molar-refractivity contribution in [2.45, 2.75) is 6.92 Å². The fourth-order valence-electron chi connectivity index (χ4n) is 1.90. The first-order valence-corrected chi connectivity index (χ1v) is 6.75. The van der Waals surface area contributed by atoms with E-state index in [0.29, 0.717) is 17.1 Å². The molecular weight excluding hydrogens is 278 g/mol. The molecule has 0 aromatic heterocycles. The molecule has 5 heteroatoms. The van der Waals surface area contributed by atoms with E-state index in [1.165, 1.54) is 13.0 Å². The number of carbonyl (C=O) groups excluding carboxylic acids is 2. The fraction of sp³-hybridized carbons (Fsp3) is 0.0588. The summed E-state index contributed by atoms with van der Waals surface area (Å²) in [6.45, 7) is 1.43. The van der Waals surface area contributed by atoms with Gasteiger partial charge in [0.2, 0.25) is 11.8 Å². The molecule has 0 fully saturated rings. The molecule has 0 aliphatic rings. The highest BCUT2D eigenvalue weighted by atomic mass is 16.2. The maximum atomic E-state index is 11.9. The van der Waals surface area contributed by atoms with E-state index in [9.17, 15) is 9.59 Å². The maximum Gasteiger partial charge on any atom is 0.248 e. The van der Waals surface area contributed by atoms with Gasteiger partial charge in [-0.15, -0.1) is 0 Å². The van der Waals surface area contributed by atoms with Crippen molar-refractivity contribution in [1.29, 1.82) is 0 Å². The van der Waals surface area contributed by atoms with Gasteiger partial charge in [-0.25, -0.2) is 0 Å². The SMILES string of the molecule is CC(=O)Nc1cccc(NC(=O)/C=C/c2cccc(N)c2)c1. The van der Waals surface area contributed by atoms with E-state index < -0.39 is 0 Å². The summed E-state index contributed by atoms with van der Waals surface area (Å²) < 4.78 is 0. The summed E-state index contributed by atoms with van der Waals surface area (Å²) >= 11 is 0. The van der Waals surface area contributed by atoms with E-state index in [1.807, 2.05) is 12.1 Å². The van der Waals surface area contributed by atoms with Crippen LogP contribution in [-0.4, -0.2) is 11.8 Å². The van der Waals surface area contributed by atoms with Gasteiger partial charge in [-0.1, -0.05) is 18.2 Å². The van der Waals surface area contributed by atoms with E-state index in [-0.39, 0.29) is 11.8 Å². The second-order valence-corrected chi connectivity index (χ2v) is 4.75. The van der Waals surface area contributed by atoms with Crippen molar-refractivity contribution in [1.82, 2.24) is 0 Å². The lowest BCUT2D eigenvalue weighted by atomic mass is 10.2. The van der Waals surface area contributed by atoms with Gasteiger partial charge in [-0.05, 0) is 42.0 Å². The van der Waals surface area contributed by atoms with Crippen LogP contribution in [0.2, 0.25) is 0 Å². The third-order valence-electron chi connectivity index (χ3n) is 2.79. The number of nitrogen functional groups attached to an aromatic ring is 1. The Morgan fingerprint density at radius 1 is 1.00 bits per heavy atom.